The number of unbranched alkanes of at least 4 members (excludes halogenated alkanes) is 38. The Morgan fingerprint density at radius 2 is 0.758 bits per heavy atom. The van der Waals surface area contributed by atoms with Gasteiger partial charge in [0.05, 0.1) is 25.4 Å². The van der Waals surface area contributed by atoms with Crippen molar-refractivity contribution in [2.24, 2.45) is 0 Å². The van der Waals surface area contributed by atoms with Crippen molar-refractivity contribution in [2.75, 3.05) is 13.2 Å². The maximum absolute atomic E-state index is 12.4. The van der Waals surface area contributed by atoms with Gasteiger partial charge in [-0.05, 0) is 57.8 Å². The molecule has 0 aromatic rings. The number of carbonyl (C=O) groups is 2. The summed E-state index contributed by atoms with van der Waals surface area (Å²) < 4.78 is 5.47. The zero-order chi connectivity index (χ0) is 45.1. The smallest absolute Gasteiger partial charge is 0.305 e. The summed E-state index contributed by atoms with van der Waals surface area (Å²) in [6, 6.07) is -0.627. The molecule has 3 N–H and O–H groups in total. The van der Waals surface area contributed by atoms with Gasteiger partial charge in [0.2, 0.25) is 5.91 Å². The quantitative estimate of drug-likeness (QED) is 0.0321. The van der Waals surface area contributed by atoms with E-state index in [2.05, 4.69) is 31.3 Å². The Kier molecular flexibility index (Phi) is 50.6. The Morgan fingerprint density at radius 3 is 1.15 bits per heavy atom. The predicted molar refractivity (Wildman–Crippen MR) is 269 cm³/mol. The number of hydrogen-bond acceptors (Lipinski definition) is 5. The van der Waals surface area contributed by atoms with Crippen LogP contribution >= 0.6 is 0 Å². The van der Waals surface area contributed by atoms with Crippen molar-refractivity contribution >= 4 is 11.9 Å². The van der Waals surface area contributed by atoms with Crippen LogP contribution in [0.1, 0.15) is 296 Å². The molecule has 366 valence electrons. The molecule has 0 aromatic carbocycles. The number of ether oxygens (including phenoxy) is 1. The van der Waals surface area contributed by atoms with Gasteiger partial charge in [0.1, 0.15) is 0 Å². The first-order valence-corrected chi connectivity index (χ1v) is 27.6. The van der Waals surface area contributed by atoms with Crippen LogP contribution in [0.5, 0.6) is 0 Å². The lowest BCUT2D eigenvalue weighted by molar-refractivity contribution is -0.143. The minimum absolute atomic E-state index is 0.00114. The second-order valence-electron chi connectivity index (χ2n) is 18.9. The molecule has 0 saturated carbocycles. The zero-order valence-electron chi connectivity index (χ0n) is 41.6. The first kappa shape index (κ1) is 60.3. The van der Waals surface area contributed by atoms with Gasteiger partial charge in [-0.25, -0.2) is 0 Å². The molecule has 62 heavy (non-hydrogen) atoms. The minimum Gasteiger partial charge on any atom is -0.466 e. The van der Waals surface area contributed by atoms with Gasteiger partial charge in [-0.15, -0.1) is 0 Å². The summed E-state index contributed by atoms with van der Waals surface area (Å²) in [5.41, 5.74) is 0. The first-order valence-electron chi connectivity index (χ1n) is 27.6. The average molecular weight is 874 g/mol. The summed E-state index contributed by atoms with van der Waals surface area (Å²) in [6.45, 7) is 4.88. The summed E-state index contributed by atoms with van der Waals surface area (Å²) in [5, 5.41) is 23.0. The molecule has 0 radical (unpaired) electrons. The van der Waals surface area contributed by atoms with E-state index < -0.39 is 12.1 Å². The lowest BCUT2D eigenvalue weighted by atomic mass is 10.0. The third-order valence-electron chi connectivity index (χ3n) is 12.7. The van der Waals surface area contributed by atoms with Crippen molar-refractivity contribution in [3.63, 3.8) is 0 Å². The monoisotopic (exact) mass is 874 g/mol. The molecule has 2 unspecified atom stereocenters. The van der Waals surface area contributed by atoms with Crippen molar-refractivity contribution in [1.29, 1.82) is 0 Å². The normalized spacial score (nSPS) is 12.8. The van der Waals surface area contributed by atoms with E-state index in [0.29, 0.717) is 19.4 Å². The minimum atomic E-state index is -0.844. The SMILES string of the molecule is CCCCCCC/C=C\CCCCCCCC(=O)OCCCCCCCCCCCCCCCCCCCCCCC(=O)NC(CO)C(O)/C=C/CCCCCCCCCCC. The molecule has 0 bridgehead atoms. The van der Waals surface area contributed by atoms with E-state index in [1.165, 1.54) is 225 Å². The highest BCUT2D eigenvalue weighted by atomic mass is 16.5. The zero-order valence-corrected chi connectivity index (χ0v) is 41.6. The number of carbonyl (C=O) groups excluding carboxylic acids is 2. The molecular formula is C56H107NO5. The third-order valence-corrected chi connectivity index (χ3v) is 12.7. The second kappa shape index (κ2) is 52.0. The van der Waals surface area contributed by atoms with E-state index in [1.807, 2.05) is 6.08 Å². The Hall–Kier alpha value is -1.66. The van der Waals surface area contributed by atoms with Gasteiger partial charge in [0, 0.05) is 12.8 Å². The van der Waals surface area contributed by atoms with Crippen molar-refractivity contribution in [3.8, 4) is 0 Å². The number of rotatable bonds is 51. The maximum atomic E-state index is 12.4. The van der Waals surface area contributed by atoms with Crippen molar-refractivity contribution in [2.45, 2.75) is 309 Å². The number of aliphatic hydroxyl groups is 2. The molecule has 1 amide bonds. The van der Waals surface area contributed by atoms with E-state index in [-0.39, 0.29) is 18.5 Å². The molecule has 0 rings (SSSR count). The van der Waals surface area contributed by atoms with Crippen LogP contribution in [0.4, 0.5) is 0 Å². The average Bonchev–Trinajstić information content (AvgIpc) is 3.27. The van der Waals surface area contributed by atoms with E-state index in [0.717, 1.165) is 44.9 Å². The van der Waals surface area contributed by atoms with Crippen LogP contribution in [0.15, 0.2) is 24.3 Å². The molecule has 0 aromatic heterocycles. The van der Waals surface area contributed by atoms with Crippen LogP contribution < -0.4 is 5.32 Å². The second-order valence-corrected chi connectivity index (χ2v) is 18.9. The highest BCUT2D eigenvalue weighted by molar-refractivity contribution is 5.76. The van der Waals surface area contributed by atoms with E-state index in [1.54, 1.807) is 6.08 Å². The largest absolute Gasteiger partial charge is 0.466 e. The highest BCUT2D eigenvalue weighted by Gasteiger charge is 2.18. The number of hydrogen-bond donors (Lipinski definition) is 3. The summed E-state index contributed by atoms with van der Waals surface area (Å²) in [4.78, 5) is 24.4. The molecule has 6 heteroatoms. The van der Waals surface area contributed by atoms with Gasteiger partial charge in [-0.3, -0.25) is 9.59 Å². The fourth-order valence-corrected chi connectivity index (χ4v) is 8.45. The molecule has 0 aliphatic carbocycles. The van der Waals surface area contributed by atoms with Crippen molar-refractivity contribution < 1.29 is 24.5 Å². The fourth-order valence-electron chi connectivity index (χ4n) is 8.45. The standard InChI is InChI=1S/C56H107NO5/c1-3-5-7-9-11-13-15-16-26-30-34-38-42-46-50-56(61)62-51-47-43-39-35-31-27-24-22-20-18-17-19-21-23-25-29-33-37-41-45-49-55(60)57-53(52-58)54(59)48-44-40-36-32-28-14-12-10-8-6-4-2/h15-16,44,48,53-54,58-59H,3-14,17-43,45-47,49-52H2,1-2H3,(H,57,60)/b16-15-,48-44+. The van der Waals surface area contributed by atoms with Crippen molar-refractivity contribution in [1.82, 2.24) is 5.32 Å². The number of esters is 1. The van der Waals surface area contributed by atoms with Crippen LogP contribution in [-0.4, -0.2) is 47.4 Å². The molecule has 0 aliphatic heterocycles. The van der Waals surface area contributed by atoms with E-state index >= 15 is 0 Å². The topological polar surface area (TPSA) is 95.9 Å². The Bertz CT molecular complexity index is 966. The molecule has 0 spiro atoms. The Balaban J connectivity index is 3.40. The Morgan fingerprint density at radius 1 is 0.435 bits per heavy atom. The van der Waals surface area contributed by atoms with Gasteiger partial charge < -0.3 is 20.3 Å². The molecule has 0 aliphatic rings. The summed E-state index contributed by atoms with van der Waals surface area (Å²) in [7, 11) is 0. The lowest BCUT2D eigenvalue weighted by Crippen LogP contribution is -2.45. The molecule has 2 atom stereocenters. The van der Waals surface area contributed by atoms with Gasteiger partial charge in [-0.1, -0.05) is 250 Å². The van der Waals surface area contributed by atoms with Crippen LogP contribution in [0.25, 0.3) is 0 Å². The van der Waals surface area contributed by atoms with Crippen LogP contribution in [0, 0.1) is 0 Å². The third kappa shape index (κ3) is 47.8. The first-order chi connectivity index (χ1) is 30.5. The van der Waals surface area contributed by atoms with Gasteiger partial charge in [0.25, 0.3) is 0 Å². The summed E-state index contributed by atoms with van der Waals surface area (Å²) >= 11 is 0. The molecule has 6 nitrogen and oxygen atoms in total. The molecule has 0 heterocycles. The summed E-state index contributed by atoms with van der Waals surface area (Å²) in [5.74, 6) is -0.0698. The lowest BCUT2D eigenvalue weighted by Gasteiger charge is -2.20. The number of nitrogens with one attached hydrogen (secondary N) is 1. The van der Waals surface area contributed by atoms with Crippen LogP contribution in [0.2, 0.25) is 0 Å². The number of aliphatic hydroxyl groups excluding tert-OH is 2. The fraction of sp³-hybridized carbons (Fsp3) is 0.893. The van der Waals surface area contributed by atoms with Crippen LogP contribution in [-0.2, 0) is 14.3 Å². The van der Waals surface area contributed by atoms with Crippen LogP contribution in [0.3, 0.4) is 0 Å². The van der Waals surface area contributed by atoms with Crippen molar-refractivity contribution in [3.05, 3.63) is 24.3 Å². The molecule has 0 saturated heterocycles. The maximum Gasteiger partial charge on any atom is 0.305 e. The summed E-state index contributed by atoms with van der Waals surface area (Å²) in [6.07, 6.45) is 61.9. The van der Waals surface area contributed by atoms with E-state index in [4.69, 9.17) is 4.74 Å². The van der Waals surface area contributed by atoms with Gasteiger partial charge in [0.15, 0.2) is 0 Å². The Labute approximate surface area is 386 Å². The predicted octanol–water partition coefficient (Wildman–Crippen LogP) is 16.7. The van der Waals surface area contributed by atoms with Gasteiger partial charge in [-0.2, -0.15) is 0 Å². The highest BCUT2D eigenvalue weighted by Crippen LogP contribution is 2.16. The molecular weight excluding hydrogens is 767 g/mol. The number of allylic oxidation sites excluding steroid dienone is 3. The molecule has 0 fully saturated rings. The van der Waals surface area contributed by atoms with Gasteiger partial charge >= 0.3 is 5.97 Å². The van der Waals surface area contributed by atoms with E-state index in [9.17, 15) is 19.8 Å². The number of amides is 1.